The summed E-state index contributed by atoms with van der Waals surface area (Å²) in [4.78, 5) is 4.70. The van der Waals surface area contributed by atoms with E-state index in [4.69, 9.17) is 9.72 Å². The van der Waals surface area contributed by atoms with Crippen LogP contribution in [0.3, 0.4) is 0 Å². The first-order chi connectivity index (χ1) is 11.1. The zero-order valence-corrected chi connectivity index (χ0v) is 14.8. The number of imidazole rings is 1. The van der Waals surface area contributed by atoms with E-state index in [9.17, 15) is 5.11 Å². The molecular formula is C18H19BrN2O2. The van der Waals surface area contributed by atoms with Crippen molar-refractivity contribution in [2.24, 2.45) is 0 Å². The molecule has 0 radical (unpaired) electrons. The molecular weight excluding hydrogens is 356 g/mol. The molecule has 0 amide bonds. The van der Waals surface area contributed by atoms with E-state index in [1.165, 1.54) is 0 Å². The van der Waals surface area contributed by atoms with Gasteiger partial charge in [-0.05, 0) is 65.2 Å². The first-order valence-corrected chi connectivity index (χ1v) is 8.44. The standard InChI is InChI=1S/C18H19BrN2O2/c1-3-8-23-14-6-4-13(5-7-14)17-16(11-22)21-10-12(2)9-15(19)18(21)20-17/h4-7,9-10,22H,3,8,11H2,1-2H3. The van der Waals surface area contributed by atoms with Gasteiger partial charge in [0.2, 0.25) is 0 Å². The number of benzene rings is 1. The molecule has 0 bridgehead atoms. The van der Waals surface area contributed by atoms with Gasteiger partial charge in [0.1, 0.15) is 5.75 Å². The summed E-state index contributed by atoms with van der Waals surface area (Å²) < 4.78 is 8.47. The predicted molar refractivity (Wildman–Crippen MR) is 94.8 cm³/mol. The number of rotatable bonds is 5. The van der Waals surface area contributed by atoms with Crippen LogP contribution in [0.2, 0.25) is 0 Å². The third-order valence-electron chi connectivity index (χ3n) is 3.66. The highest BCUT2D eigenvalue weighted by Gasteiger charge is 2.15. The number of aryl methyl sites for hydroxylation is 1. The van der Waals surface area contributed by atoms with Crippen LogP contribution in [-0.4, -0.2) is 21.1 Å². The maximum atomic E-state index is 9.82. The molecule has 2 aromatic heterocycles. The number of aliphatic hydroxyl groups excluding tert-OH is 1. The van der Waals surface area contributed by atoms with Gasteiger partial charge in [-0.15, -0.1) is 0 Å². The highest BCUT2D eigenvalue weighted by atomic mass is 79.9. The van der Waals surface area contributed by atoms with Crippen molar-refractivity contribution < 1.29 is 9.84 Å². The van der Waals surface area contributed by atoms with Crippen LogP contribution < -0.4 is 4.74 Å². The second-order valence-corrected chi connectivity index (χ2v) is 6.35. The Morgan fingerprint density at radius 2 is 2.00 bits per heavy atom. The molecule has 0 aliphatic rings. The van der Waals surface area contributed by atoms with Crippen LogP contribution in [0, 0.1) is 6.92 Å². The van der Waals surface area contributed by atoms with E-state index in [0.717, 1.165) is 44.8 Å². The average Bonchev–Trinajstić information content (AvgIpc) is 2.92. The molecule has 0 saturated heterocycles. The van der Waals surface area contributed by atoms with E-state index < -0.39 is 0 Å². The lowest BCUT2D eigenvalue weighted by molar-refractivity contribution is 0.276. The van der Waals surface area contributed by atoms with E-state index in [2.05, 4.69) is 22.9 Å². The zero-order chi connectivity index (χ0) is 16.4. The second kappa shape index (κ2) is 6.72. The topological polar surface area (TPSA) is 46.8 Å². The molecule has 1 aromatic carbocycles. The fraction of sp³-hybridized carbons (Fsp3) is 0.278. The molecule has 0 fully saturated rings. The van der Waals surface area contributed by atoms with Crippen LogP contribution in [0.5, 0.6) is 5.75 Å². The summed E-state index contributed by atoms with van der Waals surface area (Å²) in [5.74, 6) is 0.849. The summed E-state index contributed by atoms with van der Waals surface area (Å²) in [6.45, 7) is 4.74. The molecule has 5 heteroatoms. The molecule has 0 aliphatic carbocycles. The number of hydrogen-bond donors (Lipinski definition) is 1. The van der Waals surface area contributed by atoms with E-state index >= 15 is 0 Å². The number of aliphatic hydroxyl groups is 1. The van der Waals surface area contributed by atoms with Gasteiger partial charge in [-0.25, -0.2) is 4.98 Å². The quantitative estimate of drug-likeness (QED) is 0.721. The summed E-state index contributed by atoms with van der Waals surface area (Å²) in [5, 5.41) is 9.82. The maximum absolute atomic E-state index is 9.82. The summed E-state index contributed by atoms with van der Waals surface area (Å²) in [7, 11) is 0. The Labute approximate surface area is 143 Å². The van der Waals surface area contributed by atoms with Gasteiger partial charge in [-0.1, -0.05) is 6.92 Å². The molecule has 3 aromatic rings. The first-order valence-electron chi connectivity index (χ1n) is 7.65. The van der Waals surface area contributed by atoms with E-state index in [0.29, 0.717) is 6.61 Å². The second-order valence-electron chi connectivity index (χ2n) is 5.50. The lowest BCUT2D eigenvalue weighted by Crippen LogP contribution is -1.96. The van der Waals surface area contributed by atoms with Crippen molar-refractivity contribution in [1.82, 2.24) is 9.38 Å². The minimum Gasteiger partial charge on any atom is -0.494 e. The molecule has 0 spiro atoms. The van der Waals surface area contributed by atoms with Crippen LogP contribution in [0.15, 0.2) is 41.0 Å². The molecule has 3 rings (SSSR count). The minimum atomic E-state index is -0.0690. The molecule has 2 heterocycles. The summed E-state index contributed by atoms with van der Waals surface area (Å²) >= 11 is 3.55. The zero-order valence-electron chi connectivity index (χ0n) is 13.2. The monoisotopic (exact) mass is 374 g/mol. The van der Waals surface area contributed by atoms with E-state index in [-0.39, 0.29) is 6.61 Å². The SMILES string of the molecule is CCCOc1ccc(-c2nc3c(Br)cc(C)cn3c2CO)cc1. The van der Waals surface area contributed by atoms with Gasteiger partial charge >= 0.3 is 0 Å². The summed E-state index contributed by atoms with van der Waals surface area (Å²) in [6.07, 6.45) is 2.97. The number of hydrogen-bond acceptors (Lipinski definition) is 3. The fourth-order valence-electron chi connectivity index (χ4n) is 2.59. The van der Waals surface area contributed by atoms with Crippen LogP contribution >= 0.6 is 15.9 Å². The smallest absolute Gasteiger partial charge is 0.152 e. The van der Waals surface area contributed by atoms with Crippen LogP contribution in [0.4, 0.5) is 0 Å². The largest absolute Gasteiger partial charge is 0.494 e. The predicted octanol–water partition coefficient (Wildman–Crippen LogP) is 4.35. The van der Waals surface area contributed by atoms with Crippen molar-refractivity contribution in [2.45, 2.75) is 26.9 Å². The lowest BCUT2D eigenvalue weighted by Gasteiger charge is -2.06. The van der Waals surface area contributed by atoms with Crippen molar-refractivity contribution in [2.75, 3.05) is 6.61 Å². The first kappa shape index (κ1) is 16.0. The van der Waals surface area contributed by atoms with E-state index in [1.54, 1.807) is 0 Å². The van der Waals surface area contributed by atoms with Crippen LogP contribution in [0.25, 0.3) is 16.9 Å². The average molecular weight is 375 g/mol. The van der Waals surface area contributed by atoms with Gasteiger partial charge in [-0.2, -0.15) is 0 Å². The Balaban J connectivity index is 2.07. The third-order valence-corrected chi connectivity index (χ3v) is 4.24. The number of ether oxygens (including phenoxy) is 1. The van der Waals surface area contributed by atoms with Crippen molar-refractivity contribution in [1.29, 1.82) is 0 Å². The Hall–Kier alpha value is -1.85. The third kappa shape index (κ3) is 3.12. The van der Waals surface area contributed by atoms with Crippen LogP contribution in [-0.2, 0) is 6.61 Å². The number of nitrogens with zero attached hydrogens (tertiary/aromatic N) is 2. The molecule has 0 unspecified atom stereocenters. The van der Waals surface area contributed by atoms with E-state index in [1.807, 2.05) is 47.9 Å². The fourth-order valence-corrected chi connectivity index (χ4v) is 3.23. The maximum Gasteiger partial charge on any atom is 0.152 e. The van der Waals surface area contributed by atoms with Gasteiger partial charge in [0.25, 0.3) is 0 Å². The Morgan fingerprint density at radius 1 is 1.26 bits per heavy atom. The van der Waals surface area contributed by atoms with Gasteiger partial charge in [0.15, 0.2) is 5.65 Å². The summed E-state index contributed by atoms with van der Waals surface area (Å²) in [5.41, 5.74) is 4.45. The van der Waals surface area contributed by atoms with Gasteiger partial charge in [-0.3, -0.25) is 4.40 Å². The van der Waals surface area contributed by atoms with Gasteiger partial charge in [0, 0.05) is 11.8 Å². The molecule has 0 aliphatic heterocycles. The van der Waals surface area contributed by atoms with Gasteiger partial charge in [0.05, 0.1) is 29.1 Å². The van der Waals surface area contributed by atoms with Crippen molar-refractivity contribution >= 4 is 21.6 Å². The normalized spacial score (nSPS) is 11.1. The van der Waals surface area contributed by atoms with Crippen molar-refractivity contribution in [3.8, 4) is 17.0 Å². The number of pyridine rings is 1. The highest BCUT2D eigenvalue weighted by molar-refractivity contribution is 9.10. The molecule has 1 N–H and O–H groups in total. The van der Waals surface area contributed by atoms with Gasteiger partial charge < -0.3 is 9.84 Å². The Kier molecular flexibility index (Phi) is 4.68. The molecule has 120 valence electrons. The Morgan fingerprint density at radius 3 is 2.65 bits per heavy atom. The highest BCUT2D eigenvalue weighted by Crippen LogP contribution is 2.29. The number of aromatic nitrogens is 2. The molecule has 23 heavy (non-hydrogen) atoms. The lowest BCUT2D eigenvalue weighted by atomic mass is 10.1. The van der Waals surface area contributed by atoms with Crippen molar-refractivity contribution in [3.05, 3.63) is 52.3 Å². The molecule has 0 atom stereocenters. The molecule has 4 nitrogen and oxygen atoms in total. The summed E-state index contributed by atoms with van der Waals surface area (Å²) in [6, 6.07) is 9.86. The van der Waals surface area contributed by atoms with Crippen LogP contribution in [0.1, 0.15) is 24.6 Å². The Bertz CT molecular complexity index is 825. The van der Waals surface area contributed by atoms with Crippen molar-refractivity contribution in [3.63, 3.8) is 0 Å². The minimum absolute atomic E-state index is 0.0690. The number of halogens is 1. The number of fused-ring (bicyclic) bond motifs is 1. The molecule has 0 saturated carbocycles.